The van der Waals surface area contributed by atoms with E-state index in [4.69, 9.17) is 10.5 Å². The molecule has 4 nitrogen and oxygen atoms in total. The van der Waals surface area contributed by atoms with Crippen molar-refractivity contribution in [3.63, 3.8) is 0 Å². The van der Waals surface area contributed by atoms with Gasteiger partial charge in [-0.05, 0) is 29.8 Å². The van der Waals surface area contributed by atoms with Crippen molar-refractivity contribution in [1.82, 2.24) is 9.78 Å². The average Bonchev–Trinajstić information content (AvgIpc) is 2.87. The SMILES string of the molecule is COc1ccc(-n2ccc(C(F)(F)F)n2)c(CN)c1. The first-order chi connectivity index (χ1) is 8.95. The molecule has 1 aromatic carbocycles. The smallest absolute Gasteiger partial charge is 0.435 e. The van der Waals surface area contributed by atoms with Crippen molar-refractivity contribution in [2.45, 2.75) is 12.7 Å². The van der Waals surface area contributed by atoms with E-state index in [-0.39, 0.29) is 6.54 Å². The van der Waals surface area contributed by atoms with Crippen LogP contribution >= 0.6 is 0 Å². The van der Waals surface area contributed by atoms with E-state index in [1.165, 1.54) is 13.3 Å². The molecule has 102 valence electrons. The summed E-state index contributed by atoms with van der Waals surface area (Å²) in [5.74, 6) is 0.590. The summed E-state index contributed by atoms with van der Waals surface area (Å²) >= 11 is 0. The van der Waals surface area contributed by atoms with Gasteiger partial charge < -0.3 is 10.5 Å². The summed E-state index contributed by atoms with van der Waals surface area (Å²) in [4.78, 5) is 0. The lowest BCUT2D eigenvalue weighted by Gasteiger charge is -2.10. The maximum atomic E-state index is 12.5. The molecule has 0 aliphatic rings. The molecule has 0 amide bonds. The first-order valence-corrected chi connectivity index (χ1v) is 5.46. The van der Waals surface area contributed by atoms with Crippen LogP contribution in [0.4, 0.5) is 13.2 Å². The fourth-order valence-corrected chi connectivity index (χ4v) is 1.69. The van der Waals surface area contributed by atoms with Gasteiger partial charge in [-0.15, -0.1) is 0 Å². The number of benzene rings is 1. The van der Waals surface area contributed by atoms with Crippen LogP contribution in [0.5, 0.6) is 5.75 Å². The number of aromatic nitrogens is 2. The Morgan fingerprint density at radius 3 is 2.58 bits per heavy atom. The summed E-state index contributed by atoms with van der Waals surface area (Å²) in [6, 6.07) is 5.85. The van der Waals surface area contributed by atoms with Crippen LogP contribution in [-0.4, -0.2) is 16.9 Å². The third-order valence-electron chi connectivity index (χ3n) is 2.63. The summed E-state index contributed by atoms with van der Waals surface area (Å²) in [5.41, 5.74) is 5.79. The summed E-state index contributed by atoms with van der Waals surface area (Å²) in [6.07, 6.45) is -3.20. The van der Waals surface area contributed by atoms with Crippen molar-refractivity contribution in [2.75, 3.05) is 7.11 Å². The highest BCUT2D eigenvalue weighted by Crippen LogP contribution is 2.28. The van der Waals surface area contributed by atoms with E-state index >= 15 is 0 Å². The minimum atomic E-state index is -4.46. The molecular weight excluding hydrogens is 259 g/mol. The minimum absolute atomic E-state index is 0.174. The van der Waals surface area contributed by atoms with Gasteiger partial charge in [0.25, 0.3) is 0 Å². The lowest BCUT2D eigenvalue weighted by atomic mass is 10.1. The molecule has 0 atom stereocenters. The Bertz CT molecular complexity index is 578. The minimum Gasteiger partial charge on any atom is -0.497 e. The van der Waals surface area contributed by atoms with E-state index in [9.17, 15) is 13.2 Å². The molecule has 2 N–H and O–H groups in total. The molecule has 1 aromatic heterocycles. The molecule has 0 radical (unpaired) electrons. The zero-order valence-corrected chi connectivity index (χ0v) is 10.1. The number of nitrogens with zero attached hydrogens (tertiary/aromatic N) is 2. The van der Waals surface area contributed by atoms with Gasteiger partial charge in [-0.25, -0.2) is 4.68 Å². The van der Waals surface area contributed by atoms with Gasteiger partial charge in [0, 0.05) is 12.7 Å². The van der Waals surface area contributed by atoms with Gasteiger partial charge in [-0.1, -0.05) is 0 Å². The molecular formula is C12H12F3N3O. The first kappa shape index (κ1) is 13.4. The lowest BCUT2D eigenvalue weighted by Crippen LogP contribution is -2.09. The quantitative estimate of drug-likeness (QED) is 0.932. The second kappa shape index (κ2) is 4.93. The van der Waals surface area contributed by atoms with E-state index < -0.39 is 11.9 Å². The Hall–Kier alpha value is -2.02. The van der Waals surface area contributed by atoms with Gasteiger partial charge in [-0.3, -0.25) is 0 Å². The molecule has 0 aliphatic carbocycles. The Morgan fingerprint density at radius 1 is 1.32 bits per heavy atom. The Balaban J connectivity index is 2.44. The highest BCUT2D eigenvalue weighted by atomic mass is 19.4. The van der Waals surface area contributed by atoms with E-state index in [2.05, 4.69) is 5.10 Å². The second-order valence-corrected chi connectivity index (χ2v) is 3.84. The highest BCUT2D eigenvalue weighted by molar-refractivity contribution is 5.45. The number of halogens is 3. The van der Waals surface area contributed by atoms with Crippen LogP contribution in [0.1, 0.15) is 11.3 Å². The normalized spacial score (nSPS) is 11.6. The fourth-order valence-electron chi connectivity index (χ4n) is 1.69. The predicted molar refractivity (Wildman–Crippen MR) is 63.0 cm³/mol. The molecule has 0 unspecified atom stereocenters. The van der Waals surface area contributed by atoms with Crippen LogP contribution in [0.2, 0.25) is 0 Å². The van der Waals surface area contributed by atoms with E-state index in [1.54, 1.807) is 18.2 Å². The highest BCUT2D eigenvalue weighted by Gasteiger charge is 2.33. The Morgan fingerprint density at radius 2 is 2.05 bits per heavy atom. The van der Waals surface area contributed by atoms with Gasteiger partial charge in [0.15, 0.2) is 5.69 Å². The molecule has 0 spiro atoms. The maximum Gasteiger partial charge on any atom is 0.435 e. The van der Waals surface area contributed by atoms with Crippen molar-refractivity contribution < 1.29 is 17.9 Å². The number of nitrogens with two attached hydrogens (primary N) is 1. The van der Waals surface area contributed by atoms with Gasteiger partial charge in [0.05, 0.1) is 12.8 Å². The predicted octanol–water partition coefficient (Wildman–Crippen LogP) is 2.36. The van der Waals surface area contributed by atoms with Crippen LogP contribution < -0.4 is 10.5 Å². The standard InChI is InChI=1S/C12H12F3N3O/c1-19-9-2-3-10(8(6-9)7-16)18-5-4-11(17-18)12(13,14)15/h2-6H,7,16H2,1H3. The van der Waals surface area contributed by atoms with Crippen LogP contribution in [0.15, 0.2) is 30.5 Å². The Labute approximate surface area is 107 Å². The van der Waals surface area contributed by atoms with Crippen LogP contribution in [0.3, 0.4) is 0 Å². The van der Waals surface area contributed by atoms with Crippen LogP contribution in [0.25, 0.3) is 5.69 Å². The van der Waals surface area contributed by atoms with Crippen LogP contribution in [0, 0.1) is 0 Å². The van der Waals surface area contributed by atoms with E-state index in [0.717, 1.165) is 10.7 Å². The van der Waals surface area contributed by atoms with Gasteiger partial charge in [0.1, 0.15) is 5.75 Å². The first-order valence-electron chi connectivity index (χ1n) is 5.46. The third kappa shape index (κ3) is 2.70. The maximum absolute atomic E-state index is 12.5. The molecule has 19 heavy (non-hydrogen) atoms. The number of alkyl halides is 3. The van der Waals surface area contributed by atoms with E-state index in [0.29, 0.717) is 17.0 Å². The van der Waals surface area contributed by atoms with Crippen molar-refractivity contribution in [1.29, 1.82) is 0 Å². The number of hydrogen-bond donors (Lipinski definition) is 1. The van der Waals surface area contributed by atoms with Crippen molar-refractivity contribution in [3.05, 3.63) is 41.7 Å². The largest absolute Gasteiger partial charge is 0.497 e. The molecule has 2 rings (SSSR count). The molecule has 2 aromatic rings. The van der Waals surface area contributed by atoms with Crippen LogP contribution in [-0.2, 0) is 12.7 Å². The number of rotatable bonds is 3. The molecule has 1 heterocycles. The fraction of sp³-hybridized carbons (Fsp3) is 0.250. The molecule has 0 saturated heterocycles. The van der Waals surface area contributed by atoms with Gasteiger partial charge >= 0.3 is 6.18 Å². The van der Waals surface area contributed by atoms with Crippen molar-refractivity contribution >= 4 is 0 Å². The van der Waals surface area contributed by atoms with E-state index in [1.807, 2.05) is 0 Å². The summed E-state index contributed by atoms with van der Waals surface area (Å²) < 4.78 is 43.7. The molecule has 0 aliphatic heterocycles. The number of ether oxygens (including phenoxy) is 1. The monoisotopic (exact) mass is 271 g/mol. The lowest BCUT2D eigenvalue weighted by molar-refractivity contribution is -0.141. The number of methoxy groups -OCH3 is 1. The summed E-state index contributed by atoms with van der Waals surface area (Å²) in [6.45, 7) is 0.174. The van der Waals surface area contributed by atoms with Gasteiger partial charge in [0.2, 0.25) is 0 Å². The summed E-state index contributed by atoms with van der Waals surface area (Å²) in [5, 5.41) is 3.51. The molecule has 0 bridgehead atoms. The van der Waals surface area contributed by atoms with Crippen molar-refractivity contribution in [3.8, 4) is 11.4 Å². The topological polar surface area (TPSA) is 53.1 Å². The zero-order chi connectivity index (χ0) is 14.0. The third-order valence-corrected chi connectivity index (χ3v) is 2.63. The molecule has 7 heteroatoms. The molecule has 0 saturated carbocycles. The average molecular weight is 271 g/mol. The summed E-state index contributed by atoms with van der Waals surface area (Å²) in [7, 11) is 1.50. The second-order valence-electron chi connectivity index (χ2n) is 3.84. The van der Waals surface area contributed by atoms with Gasteiger partial charge in [-0.2, -0.15) is 18.3 Å². The Kier molecular flexibility index (Phi) is 3.48. The van der Waals surface area contributed by atoms with Crippen molar-refractivity contribution in [2.24, 2.45) is 5.73 Å². The zero-order valence-electron chi connectivity index (χ0n) is 10.1. The molecule has 0 fully saturated rings. The number of hydrogen-bond acceptors (Lipinski definition) is 3.